The predicted molar refractivity (Wildman–Crippen MR) is 89.1 cm³/mol. The van der Waals surface area contributed by atoms with E-state index < -0.39 is 10.0 Å². The molecular weight excluding hydrogens is 304 g/mol. The summed E-state index contributed by atoms with van der Waals surface area (Å²) in [4.78, 5) is 0.362. The Hall–Kier alpha value is -0.560. The van der Waals surface area contributed by atoms with Crippen LogP contribution in [0.4, 0.5) is 0 Å². The Morgan fingerprint density at radius 2 is 2.24 bits per heavy atom. The molecule has 0 amide bonds. The van der Waals surface area contributed by atoms with Crippen LogP contribution >= 0.6 is 11.8 Å². The molecule has 1 atom stereocenters. The quantitative estimate of drug-likeness (QED) is 0.719. The third kappa shape index (κ3) is 5.29. The summed E-state index contributed by atoms with van der Waals surface area (Å²) in [7, 11) is -3.39. The lowest BCUT2D eigenvalue weighted by Gasteiger charge is -2.12. The Labute approximate surface area is 132 Å². The van der Waals surface area contributed by atoms with Gasteiger partial charge < -0.3 is 5.32 Å². The first-order valence-corrected chi connectivity index (χ1v) is 10.1. The average molecular weight is 329 g/mol. The first kappa shape index (κ1) is 16.8. The molecule has 0 saturated carbocycles. The molecule has 1 aliphatic heterocycles. The maximum absolute atomic E-state index is 12.3. The van der Waals surface area contributed by atoms with Gasteiger partial charge in [0.1, 0.15) is 0 Å². The fourth-order valence-electron chi connectivity index (χ4n) is 2.32. The van der Waals surface area contributed by atoms with Crippen LogP contribution in [0, 0.1) is 0 Å². The summed E-state index contributed by atoms with van der Waals surface area (Å²) >= 11 is 1.86. The highest BCUT2D eigenvalue weighted by molar-refractivity contribution is 8.00. The van der Waals surface area contributed by atoms with E-state index in [4.69, 9.17) is 0 Å². The molecule has 1 aromatic rings. The largest absolute Gasteiger partial charge is 0.313 e. The van der Waals surface area contributed by atoms with Crippen LogP contribution in [0.5, 0.6) is 0 Å². The number of benzene rings is 1. The summed E-state index contributed by atoms with van der Waals surface area (Å²) in [6.07, 6.45) is 3.36. The number of nitrogens with one attached hydrogen (secondary N) is 2. The summed E-state index contributed by atoms with van der Waals surface area (Å²) in [5.41, 5.74) is 1.00. The minimum absolute atomic E-state index is 0.362. The summed E-state index contributed by atoms with van der Waals surface area (Å²) in [6, 6.07) is 7.18. The van der Waals surface area contributed by atoms with Crippen molar-refractivity contribution in [2.24, 2.45) is 0 Å². The van der Waals surface area contributed by atoms with Crippen molar-refractivity contribution < 1.29 is 8.42 Å². The van der Waals surface area contributed by atoms with Crippen LogP contribution < -0.4 is 10.0 Å². The first-order valence-electron chi connectivity index (χ1n) is 7.53. The molecule has 1 aromatic carbocycles. The maximum Gasteiger partial charge on any atom is 0.240 e. The van der Waals surface area contributed by atoms with Gasteiger partial charge in [-0.25, -0.2) is 13.1 Å². The highest BCUT2D eigenvalue weighted by Crippen LogP contribution is 2.25. The summed E-state index contributed by atoms with van der Waals surface area (Å²) < 4.78 is 27.4. The van der Waals surface area contributed by atoms with Gasteiger partial charge in [-0.15, -0.1) is 0 Å². The molecule has 0 bridgehead atoms. The molecule has 4 nitrogen and oxygen atoms in total. The van der Waals surface area contributed by atoms with E-state index >= 15 is 0 Å². The molecule has 0 aliphatic carbocycles. The highest BCUT2D eigenvalue weighted by atomic mass is 32.2. The SMILES string of the molecule is CCCNCc1cccc(S(=O)(=O)NCC2CCCS2)c1. The van der Waals surface area contributed by atoms with Gasteiger partial charge in [0.2, 0.25) is 10.0 Å². The fraction of sp³-hybridized carbons (Fsp3) is 0.600. The molecule has 2 rings (SSSR count). The van der Waals surface area contributed by atoms with Crippen molar-refractivity contribution in [1.82, 2.24) is 10.0 Å². The summed E-state index contributed by atoms with van der Waals surface area (Å²) in [5, 5.41) is 3.71. The lowest BCUT2D eigenvalue weighted by molar-refractivity contribution is 0.578. The normalized spacial score (nSPS) is 19.0. The Bertz CT molecular complexity index is 540. The third-order valence-corrected chi connectivity index (χ3v) is 6.31. The molecule has 1 heterocycles. The number of hydrogen-bond acceptors (Lipinski definition) is 4. The van der Waals surface area contributed by atoms with Crippen LogP contribution in [-0.4, -0.2) is 32.5 Å². The van der Waals surface area contributed by atoms with E-state index in [1.54, 1.807) is 12.1 Å². The van der Waals surface area contributed by atoms with E-state index in [0.717, 1.165) is 30.7 Å². The molecule has 118 valence electrons. The summed E-state index contributed by atoms with van der Waals surface area (Å²) in [5.74, 6) is 1.14. The number of rotatable bonds is 8. The Kier molecular flexibility index (Phi) is 6.54. The van der Waals surface area contributed by atoms with Crippen molar-refractivity contribution in [3.8, 4) is 0 Å². The van der Waals surface area contributed by atoms with Gasteiger partial charge in [0.05, 0.1) is 4.90 Å². The Morgan fingerprint density at radius 3 is 2.95 bits per heavy atom. The minimum atomic E-state index is -3.39. The zero-order valence-electron chi connectivity index (χ0n) is 12.5. The van der Waals surface area contributed by atoms with Gasteiger partial charge in [-0.3, -0.25) is 0 Å². The molecule has 6 heteroatoms. The van der Waals surface area contributed by atoms with E-state index in [0.29, 0.717) is 23.2 Å². The maximum atomic E-state index is 12.3. The van der Waals surface area contributed by atoms with Gasteiger partial charge in [0, 0.05) is 18.3 Å². The molecule has 21 heavy (non-hydrogen) atoms. The third-order valence-electron chi connectivity index (χ3n) is 3.49. The zero-order chi connectivity index (χ0) is 15.1. The van der Waals surface area contributed by atoms with Gasteiger partial charge in [-0.05, 0) is 49.3 Å². The van der Waals surface area contributed by atoms with E-state index in [9.17, 15) is 8.42 Å². The zero-order valence-corrected chi connectivity index (χ0v) is 14.1. The first-order chi connectivity index (χ1) is 10.1. The smallest absolute Gasteiger partial charge is 0.240 e. The van der Waals surface area contributed by atoms with Crippen LogP contribution in [0.2, 0.25) is 0 Å². The molecular formula is C15H24N2O2S2. The average Bonchev–Trinajstić information content (AvgIpc) is 2.99. The molecule has 1 unspecified atom stereocenters. The molecule has 2 N–H and O–H groups in total. The van der Waals surface area contributed by atoms with E-state index in [-0.39, 0.29) is 0 Å². The van der Waals surface area contributed by atoms with Crippen molar-refractivity contribution in [1.29, 1.82) is 0 Å². The van der Waals surface area contributed by atoms with Crippen molar-refractivity contribution in [3.05, 3.63) is 29.8 Å². The second kappa shape index (κ2) is 8.17. The van der Waals surface area contributed by atoms with Gasteiger partial charge in [-0.1, -0.05) is 19.1 Å². The Morgan fingerprint density at radius 1 is 1.38 bits per heavy atom. The van der Waals surface area contributed by atoms with Gasteiger partial charge in [-0.2, -0.15) is 11.8 Å². The van der Waals surface area contributed by atoms with Crippen LogP contribution in [0.15, 0.2) is 29.2 Å². The number of thioether (sulfide) groups is 1. The molecule has 1 fully saturated rings. The lowest BCUT2D eigenvalue weighted by atomic mass is 10.2. The van der Waals surface area contributed by atoms with Crippen molar-refractivity contribution in [2.75, 3.05) is 18.8 Å². The van der Waals surface area contributed by atoms with Crippen molar-refractivity contribution >= 4 is 21.8 Å². The molecule has 0 radical (unpaired) electrons. The second-order valence-electron chi connectivity index (χ2n) is 5.31. The number of sulfonamides is 1. The standard InChI is InChI=1S/C15H24N2O2S2/c1-2-8-16-11-13-5-3-7-15(10-13)21(18,19)17-12-14-6-4-9-20-14/h3,5,7,10,14,16-17H,2,4,6,8-9,11-12H2,1H3. The van der Waals surface area contributed by atoms with E-state index in [1.807, 2.05) is 23.9 Å². The molecule has 1 saturated heterocycles. The summed E-state index contributed by atoms with van der Waals surface area (Å²) in [6.45, 7) is 4.29. The molecule has 0 spiro atoms. The van der Waals surface area contributed by atoms with E-state index in [2.05, 4.69) is 17.0 Å². The van der Waals surface area contributed by atoms with Crippen molar-refractivity contribution in [2.45, 2.75) is 42.9 Å². The van der Waals surface area contributed by atoms with Gasteiger partial charge in [0.15, 0.2) is 0 Å². The molecule has 0 aromatic heterocycles. The van der Waals surface area contributed by atoms with Crippen LogP contribution in [0.25, 0.3) is 0 Å². The highest BCUT2D eigenvalue weighted by Gasteiger charge is 2.20. The van der Waals surface area contributed by atoms with Crippen LogP contribution in [0.3, 0.4) is 0 Å². The second-order valence-corrected chi connectivity index (χ2v) is 8.49. The van der Waals surface area contributed by atoms with Crippen molar-refractivity contribution in [3.63, 3.8) is 0 Å². The lowest BCUT2D eigenvalue weighted by Crippen LogP contribution is -2.30. The monoisotopic (exact) mass is 328 g/mol. The molecule has 1 aliphatic rings. The topological polar surface area (TPSA) is 58.2 Å². The van der Waals surface area contributed by atoms with E-state index in [1.165, 1.54) is 6.42 Å². The van der Waals surface area contributed by atoms with Crippen LogP contribution in [-0.2, 0) is 16.6 Å². The predicted octanol–water partition coefficient (Wildman–Crippen LogP) is 2.36. The minimum Gasteiger partial charge on any atom is -0.313 e. The Balaban J connectivity index is 1.96. The van der Waals surface area contributed by atoms with Gasteiger partial charge in [0.25, 0.3) is 0 Å². The van der Waals surface area contributed by atoms with Gasteiger partial charge >= 0.3 is 0 Å². The van der Waals surface area contributed by atoms with Crippen LogP contribution in [0.1, 0.15) is 31.7 Å². The fourth-order valence-corrected chi connectivity index (χ4v) is 4.78. The number of hydrogen-bond donors (Lipinski definition) is 2.